The smallest absolute Gasteiger partial charge is 0.0556 e. The lowest BCUT2D eigenvalue weighted by Gasteiger charge is -2.07. The molecule has 0 saturated carbocycles. The SMILES string of the molecule is Cc1c(CNc2ccsc2)n(C)c2ccccc12. The van der Waals surface area contributed by atoms with Gasteiger partial charge in [0.05, 0.1) is 6.54 Å². The van der Waals surface area contributed by atoms with Crippen LogP contribution in [0.5, 0.6) is 0 Å². The molecule has 3 heteroatoms. The summed E-state index contributed by atoms with van der Waals surface area (Å²) in [5, 5.41) is 9.05. The first-order valence-corrected chi connectivity index (χ1v) is 7.00. The molecule has 2 heterocycles. The second-order valence-electron chi connectivity index (χ2n) is 4.51. The Morgan fingerprint density at radius 2 is 2.06 bits per heavy atom. The number of para-hydroxylation sites is 1. The summed E-state index contributed by atoms with van der Waals surface area (Å²) in [6, 6.07) is 10.7. The number of nitrogens with zero attached hydrogens (tertiary/aromatic N) is 1. The number of aryl methyl sites for hydroxylation is 2. The molecule has 0 unspecified atom stereocenters. The van der Waals surface area contributed by atoms with Gasteiger partial charge in [-0.1, -0.05) is 18.2 Å². The molecule has 1 aromatic carbocycles. The molecule has 3 aromatic rings. The molecule has 2 aromatic heterocycles. The highest BCUT2D eigenvalue weighted by molar-refractivity contribution is 7.08. The number of hydrogen-bond donors (Lipinski definition) is 1. The molecule has 0 saturated heterocycles. The number of fused-ring (bicyclic) bond motifs is 1. The highest BCUT2D eigenvalue weighted by Gasteiger charge is 2.10. The van der Waals surface area contributed by atoms with E-state index in [9.17, 15) is 0 Å². The first-order chi connectivity index (χ1) is 8.77. The third kappa shape index (κ3) is 1.81. The van der Waals surface area contributed by atoms with Crippen LogP contribution >= 0.6 is 11.3 Å². The Hall–Kier alpha value is -1.74. The van der Waals surface area contributed by atoms with E-state index in [0.717, 1.165) is 6.54 Å². The van der Waals surface area contributed by atoms with Crippen LogP contribution in [0.15, 0.2) is 41.1 Å². The van der Waals surface area contributed by atoms with Crippen LogP contribution in [0.2, 0.25) is 0 Å². The van der Waals surface area contributed by atoms with Gasteiger partial charge in [0, 0.05) is 34.7 Å². The molecule has 1 N–H and O–H groups in total. The minimum atomic E-state index is 0.869. The van der Waals surface area contributed by atoms with Crippen molar-refractivity contribution < 1.29 is 0 Å². The molecule has 0 atom stereocenters. The van der Waals surface area contributed by atoms with Gasteiger partial charge < -0.3 is 9.88 Å². The molecule has 0 aliphatic heterocycles. The molecule has 0 fully saturated rings. The average Bonchev–Trinajstić information content (AvgIpc) is 2.98. The van der Waals surface area contributed by atoms with Gasteiger partial charge in [0.25, 0.3) is 0 Å². The van der Waals surface area contributed by atoms with E-state index >= 15 is 0 Å². The van der Waals surface area contributed by atoms with Crippen LogP contribution in [0, 0.1) is 6.92 Å². The van der Waals surface area contributed by atoms with Crippen molar-refractivity contribution in [2.24, 2.45) is 7.05 Å². The van der Waals surface area contributed by atoms with Gasteiger partial charge in [0.15, 0.2) is 0 Å². The average molecular weight is 256 g/mol. The second-order valence-corrected chi connectivity index (χ2v) is 5.29. The molecule has 0 spiro atoms. The number of benzene rings is 1. The van der Waals surface area contributed by atoms with Crippen molar-refractivity contribution in [2.75, 3.05) is 5.32 Å². The molecular formula is C15H16N2S. The van der Waals surface area contributed by atoms with Crippen molar-refractivity contribution in [1.29, 1.82) is 0 Å². The minimum Gasteiger partial charge on any atom is -0.379 e. The van der Waals surface area contributed by atoms with E-state index in [4.69, 9.17) is 0 Å². The van der Waals surface area contributed by atoms with E-state index in [1.54, 1.807) is 11.3 Å². The van der Waals surface area contributed by atoms with Crippen LogP contribution in [0.1, 0.15) is 11.3 Å². The molecule has 2 nitrogen and oxygen atoms in total. The molecule has 92 valence electrons. The van der Waals surface area contributed by atoms with Crippen LogP contribution < -0.4 is 5.32 Å². The zero-order valence-electron chi connectivity index (χ0n) is 10.6. The van der Waals surface area contributed by atoms with Crippen LogP contribution in [0.4, 0.5) is 5.69 Å². The minimum absolute atomic E-state index is 0.869. The van der Waals surface area contributed by atoms with Crippen molar-refractivity contribution in [3.05, 3.63) is 52.3 Å². The maximum Gasteiger partial charge on any atom is 0.0556 e. The standard InChI is InChI=1S/C15H16N2S/c1-11-13-5-3-4-6-14(13)17(2)15(11)9-16-12-7-8-18-10-12/h3-8,10,16H,9H2,1-2H3. The fourth-order valence-electron chi connectivity index (χ4n) is 2.44. The first-order valence-electron chi connectivity index (χ1n) is 6.06. The third-order valence-corrected chi connectivity index (χ3v) is 4.17. The first kappa shape index (κ1) is 11.4. The monoisotopic (exact) mass is 256 g/mol. The zero-order chi connectivity index (χ0) is 12.5. The highest BCUT2D eigenvalue weighted by atomic mass is 32.1. The summed E-state index contributed by atoms with van der Waals surface area (Å²) in [6.45, 7) is 3.07. The van der Waals surface area contributed by atoms with Crippen LogP contribution in [-0.4, -0.2) is 4.57 Å². The van der Waals surface area contributed by atoms with Gasteiger partial charge in [-0.05, 0) is 30.0 Å². The molecule has 0 bridgehead atoms. The number of aromatic nitrogens is 1. The van der Waals surface area contributed by atoms with Gasteiger partial charge in [0.2, 0.25) is 0 Å². The molecule has 3 rings (SSSR count). The fraction of sp³-hybridized carbons (Fsp3) is 0.200. The molecule has 0 radical (unpaired) electrons. The van der Waals surface area contributed by atoms with Crippen LogP contribution in [0.25, 0.3) is 10.9 Å². The molecule has 0 aliphatic rings. The van der Waals surface area contributed by atoms with Crippen molar-refractivity contribution in [3.8, 4) is 0 Å². The Bertz CT molecular complexity index is 626. The van der Waals surface area contributed by atoms with Crippen molar-refractivity contribution in [1.82, 2.24) is 4.57 Å². The quantitative estimate of drug-likeness (QED) is 0.744. The van der Waals surface area contributed by atoms with Gasteiger partial charge in [-0.2, -0.15) is 11.3 Å². The van der Waals surface area contributed by atoms with E-state index in [1.165, 1.54) is 27.8 Å². The Morgan fingerprint density at radius 1 is 1.22 bits per heavy atom. The van der Waals surface area contributed by atoms with E-state index in [-0.39, 0.29) is 0 Å². The number of rotatable bonds is 3. The number of hydrogen-bond acceptors (Lipinski definition) is 2. The van der Waals surface area contributed by atoms with Gasteiger partial charge in [-0.3, -0.25) is 0 Å². The summed E-state index contributed by atoms with van der Waals surface area (Å²) in [5.74, 6) is 0. The normalized spacial score (nSPS) is 11.0. The lowest BCUT2D eigenvalue weighted by molar-refractivity contribution is 0.862. The van der Waals surface area contributed by atoms with Crippen molar-refractivity contribution in [3.63, 3.8) is 0 Å². The summed E-state index contributed by atoms with van der Waals surface area (Å²) in [4.78, 5) is 0. The summed E-state index contributed by atoms with van der Waals surface area (Å²) in [6.07, 6.45) is 0. The summed E-state index contributed by atoms with van der Waals surface area (Å²) in [5.41, 5.74) is 5.22. The van der Waals surface area contributed by atoms with Crippen LogP contribution in [0.3, 0.4) is 0 Å². The van der Waals surface area contributed by atoms with Gasteiger partial charge >= 0.3 is 0 Å². The van der Waals surface area contributed by atoms with Gasteiger partial charge in [0.1, 0.15) is 0 Å². The number of anilines is 1. The fourth-order valence-corrected chi connectivity index (χ4v) is 3.05. The van der Waals surface area contributed by atoms with E-state index in [2.05, 4.69) is 64.9 Å². The zero-order valence-corrected chi connectivity index (χ0v) is 11.4. The lowest BCUT2D eigenvalue weighted by Crippen LogP contribution is -2.05. The summed E-state index contributed by atoms with van der Waals surface area (Å²) < 4.78 is 2.28. The second kappa shape index (κ2) is 4.50. The van der Waals surface area contributed by atoms with E-state index in [1.807, 2.05) is 0 Å². The number of thiophene rings is 1. The largest absolute Gasteiger partial charge is 0.379 e. The molecular weight excluding hydrogens is 240 g/mol. The Labute approximate surface area is 111 Å². The van der Waals surface area contributed by atoms with Crippen LogP contribution in [-0.2, 0) is 13.6 Å². The molecule has 0 amide bonds. The van der Waals surface area contributed by atoms with Crippen molar-refractivity contribution >= 4 is 27.9 Å². The topological polar surface area (TPSA) is 17.0 Å². The predicted molar refractivity (Wildman–Crippen MR) is 79.3 cm³/mol. The van der Waals surface area contributed by atoms with Gasteiger partial charge in [-0.15, -0.1) is 0 Å². The predicted octanol–water partition coefficient (Wildman–Crippen LogP) is 4.16. The maximum atomic E-state index is 3.47. The molecule has 18 heavy (non-hydrogen) atoms. The Kier molecular flexibility index (Phi) is 2.84. The Morgan fingerprint density at radius 3 is 2.78 bits per heavy atom. The summed E-state index contributed by atoms with van der Waals surface area (Å²) in [7, 11) is 2.14. The number of nitrogens with one attached hydrogen (secondary N) is 1. The van der Waals surface area contributed by atoms with E-state index < -0.39 is 0 Å². The highest BCUT2D eigenvalue weighted by Crippen LogP contribution is 2.25. The third-order valence-electron chi connectivity index (χ3n) is 3.49. The maximum absolute atomic E-state index is 3.47. The van der Waals surface area contributed by atoms with Gasteiger partial charge in [-0.25, -0.2) is 0 Å². The summed E-state index contributed by atoms with van der Waals surface area (Å²) >= 11 is 1.72. The Balaban J connectivity index is 1.96. The lowest BCUT2D eigenvalue weighted by atomic mass is 10.1. The molecule has 0 aliphatic carbocycles. The van der Waals surface area contributed by atoms with Crippen molar-refractivity contribution in [2.45, 2.75) is 13.5 Å². The van der Waals surface area contributed by atoms with E-state index in [0.29, 0.717) is 0 Å².